The first kappa shape index (κ1) is 14.5. The van der Waals surface area contributed by atoms with Crippen LogP contribution in [-0.4, -0.2) is 41.3 Å². The van der Waals surface area contributed by atoms with Crippen LogP contribution < -0.4 is 5.32 Å². The quantitative estimate of drug-likeness (QED) is 0.905. The van der Waals surface area contributed by atoms with E-state index in [0.717, 1.165) is 32.4 Å². The molecule has 0 spiro atoms. The van der Waals surface area contributed by atoms with E-state index in [0.29, 0.717) is 18.0 Å². The molecular weight excluding hydrogens is 254 g/mol. The van der Waals surface area contributed by atoms with E-state index in [1.54, 1.807) is 24.5 Å². The number of pyridine rings is 1. The highest BCUT2D eigenvalue weighted by Crippen LogP contribution is 2.20. The maximum atomic E-state index is 12.3. The highest BCUT2D eigenvalue weighted by atomic mass is 16.2. The van der Waals surface area contributed by atoms with Crippen LogP contribution in [0.2, 0.25) is 0 Å². The van der Waals surface area contributed by atoms with E-state index in [4.69, 9.17) is 0 Å². The van der Waals surface area contributed by atoms with Crippen molar-refractivity contribution < 1.29 is 9.59 Å². The summed E-state index contributed by atoms with van der Waals surface area (Å²) in [6, 6.07) is 3.59. The van der Waals surface area contributed by atoms with E-state index in [9.17, 15) is 9.59 Å². The second-order valence-electron chi connectivity index (χ2n) is 5.27. The Balaban J connectivity index is 1.87. The normalized spacial score (nSPS) is 18.6. The lowest BCUT2D eigenvalue weighted by atomic mass is 9.94. The summed E-state index contributed by atoms with van der Waals surface area (Å²) in [6.07, 6.45) is 6.36. The van der Waals surface area contributed by atoms with Gasteiger partial charge >= 0.3 is 0 Å². The maximum Gasteiger partial charge on any atom is 0.255 e. The average Bonchev–Trinajstić information content (AvgIpc) is 2.47. The van der Waals surface area contributed by atoms with Crippen molar-refractivity contribution in [1.82, 2.24) is 15.2 Å². The van der Waals surface area contributed by atoms with Crippen LogP contribution in [-0.2, 0) is 4.79 Å². The van der Waals surface area contributed by atoms with Gasteiger partial charge in [0.25, 0.3) is 5.91 Å². The summed E-state index contributed by atoms with van der Waals surface area (Å²) in [5.41, 5.74) is 0.648. The number of piperidine rings is 1. The number of hydrogen-bond donors (Lipinski definition) is 1. The van der Waals surface area contributed by atoms with Crippen molar-refractivity contribution in [3.8, 4) is 0 Å². The third-order valence-electron chi connectivity index (χ3n) is 3.64. The SMILES string of the molecule is CC(=O)NCCC1CCCN(C(=O)c2cccnc2)C1. The molecule has 1 unspecified atom stereocenters. The minimum Gasteiger partial charge on any atom is -0.356 e. The van der Waals surface area contributed by atoms with Gasteiger partial charge in [-0.15, -0.1) is 0 Å². The molecule has 5 heteroatoms. The van der Waals surface area contributed by atoms with E-state index < -0.39 is 0 Å². The van der Waals surface area contributed by atoms with E-state index in [1.807, 2.05) is 4.90 Å². The molecular formula is C15H21N3O2. The van der Waals surface area contributed by atoms with Crippen LogP contribution in [0.1, 0.15) is 36.5 Å². The summed E-state index contributed by atoms with van der Waals surface area (Å²) >= 11 is 0. The first-order valence-corrected chi connectivity index (χ1v) is 7.10. The van der Waals surface area contributed by atoms with Gasteiger partial charge in [0, 0.05) is 39.0 Å². The van der Waals surface area contributed by atoms with Crippen molar-refractivity contribution in [3.05, 3.63) is 30.1 Å². The molecule has 5 nitrogen and oxygen atoms in total. The van der Waals surface area contributed by atoms with Crippen molar-refractivity contribution in [2.24, 2.45) is 5.92 Å². The fourth-order valence-corrected chi connectivity index (χ4v) is 2.61. The Morgan fingerprint density at radius 2 is 2.35 bits per heavy atom. The average molecular weight is 275 g/mol. The van der Waals surface area contributed by atoms with Gasteiger partial charge in [-0.2, -0.15) is 0 Å². The number of nitrogens with one attached hydrogen (secondary N) is 1. The zero-order valence-electron chi connectivity index (χ0n) is 11.8. The van der Waals surface area contributed by atoms with Crippen LogP contribution in [0.5, 0.6) is 0 Å². The predicted octanol–water partition coefficient (Wildman–Crippen LogP) is 1.46. The summed E-state index contributed by atoms with van der Waals surface area (Å²) in [5, 5.41) is 2.82. The van der Waals surface area contributed by atoms with Crippen LogP contribution in [0.4, 0.5) is 0 Å². The Labute approximate surface area is 119 Å². The lowest BCUT2D eigenvalue weighted by Crippen LogP contribution is -2.40. The third-order valence-corrected chi connectivity index (χ3v) is 3.64. The zero-order chi connectivity index (χ0) is 14.4. The summed E-state index contributed by atoms with van der Waals surface area (Å²) in [5.74, 6) is 0.530. The number of carbonyl (C=O) groups excluding carboxylic acids is 2. The molecule has 108 valence electrons. The number of nitrogens with zero attached hydrogens (tertiary/aromatic N) is 2. The first-order chi connectivity index (χ1) is 9.66. The van der Waals surface area contributed by atoms with E-state index >= 15 is 0 Å². The molecule has 0 radical (unpaired) electrons. The molecule has 0 aliphatic carbocycles. The van der Waals surface area contributed by atoms with Crippen molar-refractivity contribution >= 4 is 11.8 Å². The Morgan fingerprint density at radius 1 is 1.50 bits per heavy atom. The van der Waals surface area contributed by atoms with Crippen molar-refractivity contribution in [3.63, 3.8) is 0 Å². The van der Waals surface area contributed by atoms with Gasteiger partial charge in [0.2, 0.25) is 5.91 Å². The predicted molar refractivity (Wildman–Crippen MR) is 76.2 cm³/mol. The number of amides is 2. The molecule has 1 atom stereocenters. The highest BCUT2D eigenvalue weighted by Gasteiger charge is 2.24. The van der Waals surface area contributed by atoms with Crippen LogP contribution in [0, 0.1) is 5.92 Å². The molecule has 1 saturated heterocycles. The minimum absolute atomic E-state index is 0.00380. The van der Waals surface area contributed by atoms with Crippen molar-refractivity contribution in [1.29, 1.82) is 0 Å². The molecule has 1 N–H and O–H groups in total. The molecule has 20 heavy (non-hydrogen) atoms. The number of likely N-dealkylation sites (tertiary alicyclic amines) is 1. The summed E-state index contributed by atoms with van der Waals surface area (Å²) in [7, 11) is 0. The van der Waals surface area contributed by atoms with Crippen LogP contribution in [0.25, 0.3) is 0 Å². The van der Waals surface area contributed by atoms with Crippen molar-refractivity contribution in [2.45, 2.75) is 26.2 Å². The largest absolute Gasteiger partial charge is 0.356 e. The number of rotatable bonds is 4. The van der Waals surface area contributed by atoms with Gasteiger partial charge in [0.1, 0.15) is 0 Å². The molecule has 1 aromatic rings. The topological polar surface area (TPSA) is 62.3 Å². The Morgan fingerprint density at radius 3 is 3.05 bits per heavy atom. The lowest BCUT2D eigenvalue weighted by molar-refractivity contribution is -0.119. The molecule has 1 fully saturated rings. The molecule has 1 aliphatic heterocycles. The number of carbonyl (C=O) groups is 2. The zero-order valence-corrected chi connectivity index (χ0v) is 11.8. The fraction of sp³-hybridized carbons (Fsp3) is 0.533. The van der Waals surface area contributed by atoms with Gasteiger partial charge < -0.3 is 10.2 Å². The minimum atomic E-state index is 0.00380. The van der Waals surface area contributed by atoms with Crippen molar-refractivity contribution in [2.75, 3.05) is 19.6 Å². The Hall–Kier alpha value is -1.91. The van der Waals surface area contributed by atoms with Gasteiger partial charge in [0.05, 0.1) is 5.56 Å². The van der Waals surface area contributed by atoms with Gasteiger partial charge in [-0.25, -0.2) is 0 Å². The van der Waals surface area contributed by atoms with Crippen LogP contribution >= 0.6 is 0 Å². The summed E-state index contributed by atoms with van der Waals surface area (Å²) in [6.45, 7) is 3.80. The number of aromatic nitrogens is 1. The molecule has 2 rings (SSSR count). The third kappa shape index (κ3) is 4.05. The first-order valence-electron chi connectivity index (χ1n) is 7.10. The smallest absolute Gasteiger partial charge is 0.255 e. The molecule has 0 aromatic carbocycles. The standard InChI is InChI=1S/C15H21N3O2/c1-12(19)17-8-6-13-4-3-9-18(11-13)15(20)14-5-2-7-16-10-14/h2,5,7,10,13H,3-4,6,8-9,11H2,1H3,(H,17,19). The Bertz CT molecular complexity index is 461. The van der Waals surface area contributed by atoms with Crippen LogP contribution in [0.15, 0.2) is 24.5 Å². The highest BCUT2D eigenvalue weighted by molar-refractivity contribution is 5.93. The second kappa shape index (κ2) is 7.03. The lowest BCUT2D eigenvalue weighted by Gasteiger charge is -2.32. The van der Waals surface area contributed by atoms with E-state index in [2.05, 4.69) is 10.3 Å². The molecule has 2 heterocycles. The van der Waals surface area contributed by atoms with Gasteiger partial charge in [-0.05, 0) is 37.3 Å². The molecule has 2 amide bonds. The molecule has 1 aliphatic rings. The van der Waals surface area contributed by atoms with Gasteiger partial charge in [0.15, 0.2) is 0 Å². The van der Waals surface area contributed by atoms with E-state index in [-0.39, 0.29) is 11.8 Å². The van der Waals surface area contributed by atoms with Gasteiger partial charge in [-0.1, -0.05) is 0 Å². The molecule has 1 aromatic heterocycles. The fourth-order valence-electron chi connectivity index (χ4n) is 2.61. The monoisotopic (exact) mass is 275 g/mol. The van der Waals surface area contributed by atoms with Gasteiger partial charge in [-0.3, -0.25) is 14.6 Å². The van der Waals surface area contributed by atoms with Crippen LogP contribution in [0.3, 0.4) is 0 Å². The number of hydrogen-bond acceptors (Lipinski definition) is 3. The molecule has 0 bridgehead atoms. The summed E-state index contributed by atoms with van der Waals surface area (Å²) in [4.78, 5) is 29.1. The maximum absolute atomic E-state index is 12.3. The molecule has 0 saturated carbocycles. The Kier molecular flexibility index (Phi) is 5.09. The summed E-state index contributed by atoms with van der Waals surface area (Å²) < 4.78 is 0. The van der Waals surface area contributed by atoms with E-state index in [1.165, 1.54) is 6.92 Å². The second-order valence-corrected chi connectivity index (χ2v) is 5.27.